The van der Waals surface area contributed by atoms with E-state index in [4.69, 9.17) is 0 Å². The standard InChI is InChI=1S/C24H39NSi2/c1-19-13-10-11-16-21(19)26(25-20-14-8-7-9-15-20)22-17-12-18-23(22)27(5,6)24(2,3)4/h10-13,16,18,20,25-26H,7-9,14-15,17H2,1-6H3. The van der Waals surface area contributed by atoms with Gasteiger partial charge in [-0.3, -0.25) is 0 Å². The molecule has 3 heteroatoms. The van der Waals surface area contributed by atoms with Crippen LogP contribution in [0.25, 0.3) is 0 Å². The Hall–Kier alpha value is -0.906. The van der Waals surface area contributed by atoms with Crippen LogP contribution < -0.4 is 10.2 Å². The van der Waals surface area contributed by atoms with E-state index in [1.807, 2.05) is 0 Å². The third kappa shape index (κ3) is 4.41. The predicted octanol–water partition coefficient (Wildman–Crippen LogP) is 5.69. The summed E-state index contributed by atoms with van der Waals surface area (Å²) in [6.07, 6.45) is 13.1. The van der Waals surface area contributed by atoms with Gasteiger partial charge in [0.1, 0.15) is 0 Å². The van der Waals surface area contributed by atoms with E-state index in [9.17, 15) is 0 Å². The van der Waals surface area contributed by atoms with Crippen LogP contribution in [-0.2, 0) is 0 Å². The Balaban J connectivity index is 2.04. The fourth-order valence-electron chi connectivity index (χ4n) is 4.60. The summed E-state index contributed by atoms with van der Waals surface area (Å²) in [7, 11) is -2.91. The molecule has 1 nitrogen and oxygen atoms in total. The maximum atomic E-state index is 4.27. The lowest BCUT2D eigenvalue weighted by atomic mass is 9.96. The summed E-state index contributed by atoms with van der Waals surface area (Å²) in [5, 5.41) is 5.55. The van der Waals surface area contributed by atoms with Crippen LogP contribution in [0.4, 0.5) is 0 Å². The lowest BCUT2D eigenvalue weighted by molar-refractivity contribution is 0.417. The van der Waals surface area contributed by atoms with Gasteiger partial charge in [-0.05, 0) is 36.4 Å². The van der Waals surface area contributed by atoms with Crippen LogP contribution in [-0.4, -0.2) is 23.1 Å². The fraction of sp³-hybridized carbons (Fsp3) is 0.583. The minimum absolute atomic E-state index is 0.387. The minimum Gasteiger partial charge on any atom is -0.330 e. The van der Waals surface area contributed by atoms with E-state index in [-0.39, 0.29) is 0 Å². The van der Waals surface area contributed by atoms with Gasteiger partial charge in [-0.15, -0.1) is 0 Å². The Kier molecular flexibility index (Phi) is 6.34. The second kappa shape index (κ2) is 8.22. The Morgan fingerprint density at radius 3 is 2.33 bits per heavy atom. The first-order valence-electron chi connectivity index (χ1n) is 10.9. The molecule has 148 valence electrons. The van der Waals surface area contributed by atoms with Crippen molar-refractivity contribution in [3.63, 3.8) is 0 Å². The summed E-state index contributed by atoms with van der Waals surface area (Å²) in [5.41, 5.74) is 1.48. The second-order valence-electron chi connectivity index (χ2n) is 10.2. The van der Waals surface area contributed by atoms with Crippen LogP contribution in [0.5, 0.6) is 0 Å². The van der Waals surface area contributed by atoms with Crippen LogP contribution in [0.15, 0.2) is 46.8 Å². The maximum Gasteiger partial charge on any atom is 0.169 e. The molecule has 27 heavy (non-hydrogen) atoms. The molecule has 1 unspecified atom stereocenters. The zero-order valence-corrected chi connectivity index (χ0v) is 20.5. The van der Waals surface area contributed by atoms with Crippen molar-refractivity contribution in [3.8, 4) is 0 Å². The van der Waals surface area contributed by atoms with Gasteiger partial charge >= 0.3 is 0 Å². The highest BCUT2D eigenvalue weighted by Gasteiger charge is 2.41. The zero-order chi connectivity index (χ0) is 19.7. The Labute approximate surface area is 170 Å². The molecule has 1 fully saturated rings. The third-order valence-electron chi connectivity index (χ3n) is 7.37. The van der Waals surface area contributed by atoms with Crippen LogP contribution >= 0.6 is 0 Å². The lowest BCUT2D eigenvalue weighted by Crippen LogP contribution is -2.54. The van der Waals surface area contributed by atoms with Crippen molar-refractivity contribution in [1.82, 2.24) is 4.98 Å². The van der Waals surface area contributed by atoms with E-state index in [1.165, 1.54) is 44.1 Å². The predicted molar refractivity (Wildman–Crippen MR) is 126 cm³/mol. The van der Waals surface area contributed by atoms with Crippen molar-refractivity contribution in [2.45, 2.75) is 90.4 Å². The van der Waals surface area contributed by atoms with E-state index in [0.29, 0.717) is 5.04 Å². The van der Waals surface area contributed by atoms with E-state index >= 15 is 0 Å². The first-order valence-corrected chi connectivity index (χ1v) is 15.7. The topological polar surface area (TPSA) is 12.0 Å². The van der Waals surface area contributed by atoms with E-state index in [0.717, 1.165) is 6.04 Å². The van der Waals surface area contributed by atoms with Crippen LogP contribution in [0.3, 0.4) is 0 Å². The largest absolute Gasteiger partial charge is 0.330 e. The maximum absolute atomic E-state index is 4.27. The van der Waals surface area contributed by atoms with Crippen molar-refractivity contribution in [3.05, 3.63) is 52.4 Å². The summed E-state index contributed by atoms with van der Waals surface area (Å²) < 4.78 is 0. The molecule has 3 rings (SSSR count). The minimum atomic E-state index is -1.53. The lowest BCUT2D eigenvalue weighted by Gasteiger charge is -2.40. The summed E-state index contributed by atoms with van der Waals surface area (Å²) in [6.45, 7) is 14.8. The second-order valence-corrected chi connectivity index (χ2v) is 18.0. The van der Waals surface area contributed by atoms with Crippen molar-refractivity contribution < 1.29 is 0 Å². The average Bonchev–Trinajstić information content (AvgIpc) is 3.10. The summed E-state index contributed by atoms with van der Waals surface area (Å²) in [6, 6.07) is 9.90. The Morgan fingerprint density at radius 1 is 1.04 bits per heavy atom. The van der Waals surface area contributed by atoms with Gasteiger partial charge in [0, 0.05) is 6.04 Å². The zero-order valence-electron chi connectivity index (χ0n) is 18.4. The molecule has 0 aliphatic heterocycles. The van der Waals surface area contributed by atoms with Crippen molar-refractivity contribution in [1.29, 1.82) is 0 Å². The van der Waals surface area contributed by atoms with Gasteiger partial charge in [0.25, 0.3) is 0 Å². The van der Waals surface area contributed by atoms with Gasteiger partial charge in [-0.2, -0.15) is 0 Å². The quantitative estimate of drug-likeness (QED) is 0.629. The highest BCUT2D eigenvalue weighted by Crippen LogP contribution is 2.44. The molecule has 1 N–H and O–H groups in total. The van der Waals surface area contributed by atoms with Gasteiger partial charge in [0.05, 0.1) is 8.07 Å². The molecule has 2 aliphatic carbocycles. The molecule has 0 radical (unpaired) electrons. The number of hydrogen-bond acceptors (Lipinski definition) is 1. The highest BCUT2D eigenvalue weighted by atomic mass is 28.3. The van der Waals surface area contributed by atoms with Gasteiger partial charge < -0.3 is 4.98 Å². The number of allylic oxidation sites excluding steroid dienone is 4. The molecular formula is C24H39NSi2. The van der Waals surface area contributed by atoms with Gasteiger partial charge in [-0.1, -0.05) is 106 Å². The number of aryl methyl sites for hydroxylation is 1. The molecule has 0 amide bonds. The molecule has 2 aliphatic rings. The number of nitrogens with one attached hydrogen (secondary N) is 1. The number of hydrogen-bond donors (Lipinski definition) is 1. The van der Waals surface area contributed by atoms with E-state index in [2.05, 4.69) is 82.2 Å². The number of rotatable bonds is 5. The Morgan fingerprint density at radius 2 is 1.70 bits per heavy atom. The number of benzene rings is 1. The molecule has 0 saturated heterocycles. The average molecular weight is 398 g/mol. The summed E-state index contributed by atoms with van der Waals surface area (Å²) >= 11 is 0. The van der Waals surface area contributed by atoms with Gasteiger partial charge in [0.2, 0.25) is 0 Å². The summed E-state index contributed by atoms with van der Waals surface area (Å²) in [4.78, 5) is 4.27. The van der Waals surface area contributed by atoms with Crippen LogP contribution in [0.1, 0.15) is 64.9 Å². The van der Waals surface area contributed by atoms with Crippen LogP contribution in [0.2, 0.25) is 18.1 Å². The summed E-state index contributed by atoms with van der Waals surface area (Å²) in [5.74, 6) is 0. The first kappa shape index (κ1) is 20.8. The van der Waals surface area contributed by atoms with Crippen molar-refractivity contribution >= 4 is 22.2 Å². The first-order chi connectivity index (χ1) is 12.7. The molecule has 1 aromatic rings. The monoisotopic (exact) mass is 397 g/mol. The smallest absolute Gasteiger partial charge is 0.169 e. The molecule has 0 bridgehead atoms. The molecule has 1 atom stereocenters. The third-order valence-corrected chi connectivity index (χ3v) is 16.6. The molecule has 0 spiro atoms. The molecule has 0 heterocycles. The van der Waals surface area contributed by atoms with E-state index in [1.54, 1.807) is 15.6 Å². The van der Waals surface area contributed by atoms with Crippen molar-refractivity contribution in [2.24, 2.45) is 0 Å². The highest BCUT2D eigenvalue weighted by molar-refractivity contribution is 6.90. The molecule has 0 aromatic heterocycles. The van der Waals surface area contributed by atoms with Gasteiger partial charge in [0.15, 0.2) is 8.96 Å². The SMILES string of the molecule is Cc1ccccc1[SiH](NC1CCCCC1)C1=C([Si](C)(C)C(C)(C)C)C=CC1. The molecule has 1 saturated carbocycles. The molecule has 1 aromatic carbocycles. The van der Waals surface area contributed by atoms with Crippen molar-refractivity contribution in [2.75, 3.05) is 0 Å². The van der Waals surface area contributed by atoms with Crippen LogP contribution in [0, 0.1) is 6.92 Å². The normalized spacial score (nSPS) is 20.4. The van der Waals surface area contributed by atoms with E-state index < -0.39 is 17.0 Å². The fourth-order valence-corrected chi connectivity index (χ4v) is 11.6. The van der Waals surface area contributed by atoms with Gasteiger partial charge in [-0.25, -0.2) is 0 Å². The Bertz CT molecular complexity index is 718. The molecular weight excluding hydrogens is 358 g/mol.